The summed E-state index contributed by atoms with van der Waals surface area (Å²) in [4.78, 5) is 0. The van der Waals surface area contributed by atoms with Crippen LogP contribution in [0, 0.1) is 12.8 Å². The van der Waals surface area contributed by atoms with Gasteiger partial charge in [-0.1, -0.05) is 20.3 Å². The second-order valence-corrected chi connectivity index (χ2v) is 5.56. The van der Waals surface area contributed by atoms with Crippen molar-refractivity contribution in [2.75, 3.05) is 0 Å². The Labute approximate surface area is 112 Å². The molecule has 17 heavy (non-hydrogen) atoms. The molecule has 0 spiro atoms. The predicted molar refractivity (Wildman–Crippen MR) is 74.1 cm³/mol. The summed E-state index contributed by atoms with van der Waals surface area (Å²) in [5.74, 6) is 0.572. The Morgan fingerprint density at radius 3 is 2.59 bits per heavy atom. The molecule has 0 saturated carbocycles. The van der Waals surface area contributed by atoms with Gasteiger partial charge in [0.1, 0.15) is 0 Å². The predicted octanol–water partition coefficient (Wildman–Crippen LogP) is 3.31. The van der Waals surface area contributed by atoms with E-state index in [-0.39, 0.29) is 6.10 Å². The van der Waals surface area contributed by atoms with Crippen molar-refractivity contribution in [3.05, 3.63) is 15.9 Å². The lowest BCUT2D eigenvalue weighted by atomic mass is 9.98. The highest BCUT2D eigenvalue weighted by atomic mass is 79.9. The lowest BCUT2D eigenvalue weighted by Crippen LogP contribution is -2.17. The minimum Gasteiger partial charge on any atom is -0.393 e. The summed E-state index contributed by atoms with van der Waals surface area (Å²) in [6, 6.07) is 0. The normalized spacial score (nSPS) is 14.9. The van der Waals surface area contributed by atoms with E-state index < -0.39 is 0 Å². The fourth-order valence-electron chi connectivity index (χ4n) is 2.00. The third kappa shape index (κ3) is 3.81. The van der Waals surface area contributed by atoms with E-state index >= 15 is 0 Å². The van der Waals surface area contributed by atoms with Crippen molar-refractivity contribution in [3.8, 4) is 0 Å². The van der Waals surface area contributed by atoms with Gasteiger partial charge in [0.2, 0.25) is 0 Å². The van der Waals surface area contributed by atoms with Gasteiger partial charge in [-0.2, -0.15) is 5.10 Å². The maximum atomic E-state index is 10.1. The van der Waals surface area contributed by atoms with Crippen molar-refractivity contribution in [1.82, 2.24) is 9.78 Å². The largest absolute Gasteiger partial charge is 0.393 e. The summed E-state index contributed by atoms with van der Waals surface area (Å²) < 4.78 is 3.02. The lowest BCUT2D eigenvalue weighted by Gasteiger charge is -2.15. The number of hydrogen-bond donors (Lipinski definition) is 1. The van der Waals surface area contributed by atoms with Gasteiger partial charge in [-0.25, -0.2) is 0 Å². The van der Waals surface area contributed by atoms with Gasteiger partial charge in [0.15, 0.2) is 0 Å². The van der Waals surface area contributed by atoms with Crippen molar-refractivity contribution in [2.45, 2.75) is 59.6 Å². The van der Waals surface area contributed by atoms with Crippen LogP contribution in [-0.4, -0.2) is 21.0 Å². The first-order valence-corrected chi connectivity index (χ1v) is 7.18. The number of rotatable bonds is 6. The topological polar surface area (TPSA) is 38.1 Å². The molecule has 0 amide bonds. The first-order chi connectivity index (χ1) is 7.99. The third-order valence-corrected chi connectivity index (χ3v) is 4.28. The molecule has 3 nitrogen and oxygen atoms in total. The molecular weight excluding hydrogens is 280 g/mol. The number of hydrogen-bond acceptors (Lipinski definition) is 2. The highest BCUT2D eigenvalue weighted by Gasteiger charge is 2.17. The van der Waals surface area contributed by atoms with Crippen LogP contribution in [0.3, 0.4) is 0 Å². The fraction of sp³-hybridized carbons (Fsp3) is 0.769. The minimum absolute atomic E-state index is 0.275. The number of aromatic nitrogens is 2. The first-order valence-electron chi connectivity index (χ1n) is 6.39. The van der Waals surface area contributed by atoms with Gasteiger partial charge < -0.3 is 5.11 Å². The molecule has 1 heterocycles. The minimum atomic E-state index is -0.275. The van der Waals surface area contributed by atoms with E-state index in [2.05, 4.69) is 41.8 Å². The van der Waals surface area contributed by atoms with Crippen LogP contribution in [0.15, 0.2) is 4.47 Å². The summed E-state index contributed by atoms with van der Waals surface area (Å²) >= 11 is 3.56. The second kappa shape index (κ2) is 6.55. The summed E-state index contributed by atoms with van der Waals surface area (Å²) in [5.41, 5.74) is 2.11. The zero-order valence-electron chi connectivity index (χ0n) is 11.2. The van der Waals surface area contributed by atoms with Crippen molar-refractivity contribution in [3.63, 3.8) is 0 Å². The van der Waals surface area contributed by atoms with E-state index in [4.69, 9.17) is 0 Å². The standard InChI is InChI=1S/C13H23BrN2O/c1-5-9(3)7-11(17)8-12-13(14)10(4)15-16(12)6-2/h9,11,17H,5-8H2,1-4H3. The van der Waals surface area contributed by atoms with Crippen LogP contribution in [0.5, 0.6) is 0 Å². The summed E-state index contributed by atoms with van der Waals surface area (Å²) in [6.07, 6.45) is 2.38. The van der Waals surface area contributed by atoms with Crippen molar-refractivity contribution in [2.24, 2.45) is 5.92 Å². The number of halogens is 1. The first kappa shape index (κ1) is 14.7. The van der Waals surface area contributed by atoms with E-state index in [1.165, 1.54) is 0 Å². The number of aryl methyl sites for hydroxylation is 2. The lowest BCUT2D eigenvalue weighted by molar-refractivity contribution is 0.142. The average molecular weight is 303 g/mol. The summed E-state index contributed by atoms with van der Waals surface area (Å²) in [5, 5.41) is 14.5. The Hall–Kier alpha value is -0.350. The molecule has 2 unspecified atom stereocenters. The molecule has 1 N–H and O–H groups in total. The highest BCUT2D eigenvalue weighted by Crippen LogP contribution is 2.24. The van der Waals surface area contributed by atoms with Crippen LogP contribution in [0.4, 0.5) is 0 Å². The molecule has 0 aromatic carbocycles. The van der Waals surface area contributed by atoms with Crippen molar-refractivity contribution < 1.29 is 5.11 Å². The molecule has 4 heteroatoms. The third-order valence-electron chi connectivity index (χ3n) is 3.25. The summed E-state index contributed by atoms with van der Waals surface area (Å²) in [7, 11) is 0. The molecular formula is C13H23BrN2O. The molecule has 0 aliphatic carbocycles. The van der Waals surface area contributed by atoms with E-state index in [1.807, 2.05) is 11.6 Å². The van der Waals surface area contributed by atoms with Crippen LogP contribution >= 0.6 is 15.9 Å². The average Bonchev–Trinajstić information content (AvgIpc) is 2.56. The van der Waals surface area contributed by atoms with Crippen LogP contribution in [0.2, 0.25) is 0 Å². The zero-order valence-corrected chi connectivity index (χ0v) is 12.8. The van der Waals surface area contributed by atoms with Gasteiger partial charge in [-0.05, 0) is 42.1 Å². The van der Waals surface area contributed by atoms with Crippen molar-refractivity contribution >= 4 is 15.9 Å². The molecule has 0 saturated heterocycles. The molecule has 1 aromatic heterocycles. The molecule has 0 bridgehead atoms. The summed E-state index contributed by atoms with van der Waals surface area (Å²) in [6.45, 7) is 9.25. The Kier molecular flexibility index (Phi) is 5.67. The molecule has 2 atom stereocenters. The molecule has 98 valence electrons. The Morgan fingerprint density at radius 1 is 1.41 bits per heavy atom. The molecule has 1 rings (SSSR count). The van der Waals surface area contributed by atoms with Gasteiger partial charge in [0.25, 0.3) is 0 Å². The molecule has 1 aromatic rings. The van der Waals surface area contributed by atoms with Crippen LogP contribution in [0.25, 0.3) is 0 Å². The van der Waals surface area contributed by atoms with E-state index in [0.29, 0.717) is 12.3 Å². The van der Waals surface area contributed by atoms with Gasteiger partial charge in [0.05, 0.1) is 22.0 Å². The maximum absolute atomic E-state index is 10.1. The number of aliphatic hydroxyl groups excluding tert-OH is 1. The van der Waals surface area contributed by atoms with Gasteiger partial charge in [0, 0.05) is 13.0 Å². The second-order valence-electron chi connectivity index (χ2n) is 4.77. The Bertz CT molecular complexity index is 363. The molecule has 0 radical (unpaired) electrons. The molecule has 0 aliphatic heterocycles. The SMILES string of the molecule is CCC(C)CC(O)Cc1c(Br)c(C)nn1CC. The van der Waals surface area contributed by atoms with E-state index in [1.54, 1.807) is 0 Å². The monoisotopic (exact) mass is 302 g/mol. The van der Waals surface area contributed by atoms with Gasteiger partial charge in [-0.15, -0.1) is 0 Å². The smallest absolute Gasteiger partial charge is 0.0738 e. The van der Waals surface area contributed by atoms with Crippen LogP contribution in [-0.2, 0) is 13.0 Å². The molecule has 0 aliphatic rings. The van der Waals surface area contributed by atoms with E-state index in [0.717, 1.165) is 35.2 Å². The number of aliphatic hydroxyl groups is 1. The van der Waals surface area contributed by atoms with E-state index in [9.17, 15) is 5.11 Å². The maximum Gasteiger partial charge on any atom is 0.0738 e. The van der Waals surface area contributed by atoms with Gasteiger partial charge >= 0.3 is 0 Å². The van der Waals surface area contributed by atoms with Crippen molar-refractivity contribution in [1.29, 1.82) is 0 Å². The van der Waals surface area contributed by atoms with Gasteiger partial charge in [-0.3, -0.25) is 4.68 Å². The van der Waals surface area contributed by atoms with Crippen LogP contribution in [0.1, 0.15) is 45.0 Å². The quantitative estimate of drug-likeness (QED) is 0.875. The molecule has 0 fully saturated rings. The number of nitrogens with zero attached hydrogens (tertiary/aromatic N) is 2. The fourth-order valence-corrected chi connectivity index (χ4v) is 2.45. The Morgan fingerprint density at radius 2 is 2.06 bits per heavy atom. The zero-order chi connectivity index (χ0) is 13.0. The Balaban J connectivity index is 2.73. The highest BCUT2D eigenvalue weighted by molar-refractivity contribution is 9.10. The van der Waals surface area contributed by atoms with Crippen LogP contribution < -0.4 is 0 Å².